The van der Waals surface area contributed by atoms with E-state index in [2.05, 4.69) is 25.4 Å². The van der Waals surface area contributed by atoms with Crippen LogP contribution in [-0.4, -0.2) is 77.7 Å². The molecule has 0 aliphatic carbocycles. The van der Waals surface area contributed by atoms with Gasteiger partial charge in [-0.15, -0.1) is 5.10 Å². The number of ether oxygens (including phenoxy) is 4. The van der Waals surface area contributed by atoms with Crippen LogP contribution in [0.25, 0.3) is 10.9 Å². The van der Waals surface area contributed by atoms with Crippen LogP contribution in [0.5, 0.6) is 17.2 Å². The summed E-state index contributed by atoms with van der Waals surface area (Å²) in [5.74, 6) is 2.48. The summed E-state index contributed by atoms with van der Waals surface area (Å²) in [6.45, 7) is 2.86. The molecule has 1 saturated heterocycles. The number of aromatic amines is 1. The monoisotopic (exact) mass is 492 g/mol. The number of H-pyrrole nitrogens is 1. The van der Waals surface area contributed by atoms with Crippen LogP contribution < -0.4 is 19.8 Å². The van der Waals surface area contributed by atoms with Gasteiger partial charge in [0.1, 0.15) is 11.8 Å². The standard InChI is InChI=1S/C25H28N6O5/c1-33-18-6-4-16(5-7-18)15-31-24(27-28-29-31)23(30-8-10-36-11-9-30)19-12-17-13-21(34-2)22(35-3)14-20(17)26-25(19)32/h4-7,12-14,23H,8-11,15H2,1-3H3,(H,26,32)/t23-/m1/s1. The molecule has 36 heavy (non-hydrogen) atoms. The second kappa shape index (κ2) is 10.3. The Morgan fingerprint density at radius 2 is 1.72 bits per heavy atom. The van der Waals surface area contributed by atoms with Crippen LogP contribution >= 0.6 is 0 Å². The summed E-state index contributed by atoms with van der Waals surface area (Å²) in [4.78, 5) is 18.6. The molecule has 1 atom stereocenters. The van der Waals surface area contributed by atoms with Crippen molar-refractivity contribution in [3.8, 4) is 17.2 Å². The van der Waals surface area contributed by atoms with Gasteiger partial charge in [-0.1, -0.05) is 12.1 Å². The van der Waals surface area contributed by atoms with Crippen molar-refractivity contribution in [3.05, 3.63) is 69.8 Å². The minimum atomic E-state index is -0.469. The van der Waals surface area contributed by atoms with Gasteiger partial charge in [0.05, 0.1) is 46.6 Å². The molecule has 11 heteroatoms. The number of rotatable bonds is 8. The van der Waals surface area contributed by atoms with Crippen molar-refractivity contribution in [1.82, 2.24) is 30.1 Å². The molecule has 2 aromatic carbocycles. The maximum atomic E-state index is 13.4. The molecule has 1 fully saturated rings. The molecule has 188 valence electrons. The van der Waals surface area contributed by atoms with Gasteiger partial charge in [0, 0.05) is 30.1 Å². The van der Waals surface area contributed by atoms with Crippen LogP contribution in [0, 0.1) is 0 Å². The summed E-state index contributed by atoms with van der Waals surface area (Å²) < 4.78 is 23.4. The number of nitrogens with one attached hydrogen (secondary N) is 1. The van der Waals surface area contributed by atoms with Crippen molar-refractivity contribution >= 4 is 10.9 Å². The Morgan fingerprint density at radius 3 is 2.42 bits per heavy atom. The van der Waals surface area contributed by atoms with E-state index in [1.807, 2.05) is 36.4 Å². The van der Waals surface area contributed by atoms with E-state index in [-0.39, 0.29) is 5.56 Å². The zero-order valence-electron chi connectivity index (χ0n) is 20.4. The molecular formula is C25H28N6O5. The van der Waals surface area contributed by atoms with Crippen LogP contribution in [-0.2, 0) is 11.3 Å². The number of pyridine rings is 1. The van der Waals surface area contributed by atoms with Crippen LogP contribution in [0.3, 0.4) is 0 Å². The molecule has 0 saturated carbocycles. The average molecular weight is 493 g/mol. The number of aromatic nitrogens is 5. The lowest BCUT2D eigenvalue weighted by molar-refractivity contribution is 0.0214. The van der Waals surface area contributed by atoms with E-state index >= 15 is 0 Å². The van der Waals surface area contributed by atoms with Crippen LogP contribution in [0.2, 0.25) is 0 Å². The number of methoxy groups -OCH3 is 3. The molecule has 1 N–H and O–H groups in total. The third kappa shape index (κ3) is 4.62. The molecule has 4 aromatic rings. The average Bonchev–Trinajstić information content (AvgIpc) is 3.37. The summed E-state index contributed by atoms with van der Waals surface area (Å²) >= 11 is 0. The number of morpholine rings is 1. The Morgan fingerprint density at radius 1 is 1.00 bits per heavy atom. The predicted octanol–water partition coefficient (Wildman–Crippen LogP) is 2.01. The number of fused-ring (bicyclic) bond motifs is 1. The van der Waals surface area contributed by atoms with Gasteiger partial charge < -0.3 is 23.9 Å². The molecule has 0 amide bonds. The highest BCUT2D eigenvalue weighted by molar-refractivity contribution is 5.83. The van der Waals surface area contributed by atoms with Gasteiger partial charge in [-0.2, -0.15) is 0 Å². The number of hydrogen-bond donors (Lipinski definition) is 1. The summed E-state index contributed by atoms with van der Waals surface area (Å²) in [7, 11) is 4.78. The van der Waals surface area contributed by atoms with Gasteiger partial charge >= 0.3 is 0 Å². The lowest BCUT2D eigenvalue weighted by atomic mass is 10.0. The minimum Gasteiger partial charge on any atom is -0.497 e. The molecule has 0 spiro atoms. The summed E-state index contributed by atoms with van der Waals surface area (Å²) in [5.41, 5.74) is 1.99. The zero-order chi connectivity index (χ0) is 25.1. The van der Waals surface area contributed by atoms with E-state index in [9.17, 15) is 4.79 Å². The van der Waals surface area contributed by atoms with Gasteiger partial charge in [0.15, 0.2) is 17.3 Å². The van der Waals surface area contributed by atoms with Crippen molar-refractivity contribution in [3.63, 3.8) is 0 Å². The molecule has 11 nitrogen and oxygen atoms in total. The van der Waals surface area contributed by atoms with E-state index in [4.69, 9.17) is 18.9 Å². The maximum Gasteiger partial charge on any atom is 0.253 e. The smallest absolute Gasteiger partial charge is 0.253 e. The first-order valence-electron chi connectivity index (χ1n) is 11.6. The number of benzene rings is 2. The van der Waals surface area contributed by atoms with Crippen molar-refractivity contribution in [1.29, 1.82) is 0 Å². The van der Waals surface area contributed by atoms with Gasteiger partial charge in [-0.25, -0.2) is 4.68 Å². The molecular weight excluding hydrogens is 464 g/mol. The van der Waals surface area contributed by atoms with Crippen molar-refractivity contribution in [2.24, 2.45) is 0 Å². The normalized spacial score (nSPS) is 15.1. The lowest BCUT2D eigenvalue weighted by Gasteiger charge is -2.33. The number of tetrazole rings is 1. The van der Waals surface area contributed by atoms with Gasteiger partial charge in [0.2, 0.25) is 0 Å². The predicted molar refractivity (Wildman–Crippen MR) is 132 cm³/mol. The third-order valence-corrected chi connectivity index (χ3v) is 6.38. The van der Waals surface area contributed by atoms with Crippen molar-refractivity contribution in [2.75, 3.05) is 47.6 Å². The summed E-state index contributed by atoms with van der Waals surface area (Å²) in [6, 6.07) is 12.8. The van der Waals surface area contributed by atoms with Crippen LogP contribution in [0.15, 0.2) is 47.3 Å². The number of hydrogen-bond acceptors (Lipinski definition) is 9. The molecule has 0 radical (unpaired) electrons. The fourth-order valence-corrected chi connectivity index (χ4v) is 4.51. The molecule has 1 aliphatic heterocycles. The molecule has 0 bridgehead atoms. The molecule has 3 heterocycles. The highest BCUT2D eigenvalue weighted by Crippen LogP contribution is 2.33. The topological polar surface area (TPSA) is 117 Å². The largest absolute Gasteiger partial charge is 0.497 e. The fourth-order valence-electron chi connectivity index (χ4n) is 4.51. The van der Waals surface area contributed by atoms with E-state index in [0.29, 0.717) is 61.3 Å². The van der Waals surface area contributed by atoms with E-state index in [1.165, 1.54) is 0 Å². The SMILES string of the molecule is COc1ccc(Cn2nnnc2[C@@H](c2cc3cc(OC)c(OC)cc3[nH]c2=O)N2CCOCC2)cc1. The first-order chi connectivity index (χ1) is 17.6. The Kier molecular flexibility index (Phi) is 6.83. The summed E-state index contributed by atoms with van der Waals surface area (Å²) in [5, 5.41) is 13.4. The Hall–Kier alpha value is -3.96. The van der Waals surface area contributed by atoms with Crippen molar-refractivity contribution in [2.45, 2.75) is 12.6 Å². The third-order valence-electron chi connectivity index (χ3n) is 6.38. The summed E-state index contributed by atoms with van der Waals surface area (Å²) in [6.07, 6.45) is 0. The van der Waals surface area contributed by atoms with Gasteiger partial charge in [-0.05, 0) is 40.3 Å². The highest BCUT2D eigenvalue weighted by Gasteiger charge is 2.31. The van der Waals surface area contributed by atoms with E-state index in [1.54, 1.807) is 32.1 Å². The van der Waals surface area contributed by atoms with Gasteiger partial charge in [0.25, 0.3) is 5.56 Å². The van der Waals surface area contributed by atoms with E-state index in [0.717, 1.165) is 16.7 Å². The lowest BCUT2D eigenvalue weighted by Crippen LogP contribution is -2.42. The second-order valence-corrected chi connectivity index (χ2v) is 8.44. The Labute approximate surface area is 207 Å². The number of nitrogens with zero attached hydrogens (tertiary/aromatic N) is 5. The highest BCUT2D eigenvalue weighted by atomic mass is 16.5. The van der Waals surface area contributed by atoms with Gasteiger partial charge in [-0.3, -0.25) is 9.69 Å². The molecule has 5 rings (SSSR count). The Balaban J connectivity index is 1.60. The molecule has 1 aliphatic rings. The van der Waals surface area contributed by atoms with E-state index < -0.39 is 6.04 Å². The maximum absolute atomic E-state index is 13.4. The Bertz CT molecular complexity index is 1390. The van der Waals surface area contributed by atoms with Crippen LogP contribution in [0.4, 0.5) is 0 Å². The fraction of sp³-hybridized carbons (Fsp3) is 0.360. The first-order valence-corrected chi connectivity index (χ1v) is 11.6. The quantitative estimate of drug-likeness (QED) is 0.394. The van der Waals surface area contributed by atoms with Crippen molar-refractivity contribution < 1.29 is 18.9 Å². The molecule has 2 aromatic heterocycles. The minimum absolute atomic E-state index is 0.217. The molecule has 0 unspecified atom stereocenters. The zero-order valence-corrected chi connectivity index (χ0v) is 20.4. The second-order valence-electron chi connectivity index (χ2n) is 8.44. The van der Waals surface area contributed by atoms with Crippen LogP contribution in [0.1, 0.15) is 23.0 Å². The first kappa shape index (κ1) is 23.8.